The van der Waals surface area contributed by atoms with Gasteiger partial charge in [0.05, 0.1) is 10.9 Å². The van der Waals surface area contributed by atoms with Crippen molar-refractivity contribution in [3.8, 4) is 0 Å². The Labute approximate surface area is 91.1 Å². The smallest absolute Gasteiger partial charge is 0.255 e. The van der Waals surface area contributed by atoms with E-state index in [2.05, 4.69) is 15.0 Å². The maximum Gasteiger partial charge on any atom is 0.255 e. The summed E-state index contributed by atoms with van der Waals surface area (Å²) in [5, 5.41) is 0.851. The van der Waals surface area contributed by atoms with Crippen molar-refractivity contribution in [1.82, 2.24) is 19.9 Å². The standard InChI is InChI=1S/C9H9ClN4O/c1-14(2)9(15)5-3-11-8-6(5)7(10)12-4-13-8/h3-4H,1-2H3,(H,11,12,13). The summed E-state index contributed by atoms with van der Waals surface area (Å²) in [6, 6.07) is 0. The fraction of sp³-hybridized carbons (Fsp3) is 0.222. The quantitative estimate of drug-likeness (QED) is 0.743. The third-order valence-electron chi connectivity index (χ3n) is 2.06. The number of hydrogen-bond acceptors (Lipinski definition) is 3. The van der Waals surface area contributed by atoms with Crippen LogP contribution >= 0.6 is 11.6 Å². The highest BCUT2D eigenvalue weighted by Crippen LogP contribution is 2.23. The summed E-state index contributed by atoms with van der Waals surface area (Å²) in [7, 11) is 3.36. The third-order valence-corrected chi connectivity index (χ3v) is 2.35. The van der Waals surface area contributed by atoms with Gasteiger partial charge in [-0.25, -0.2) is 9.97 Å². The monoisotopic (exact) mass is 224 g/mol. The van der Waals surface area contributed by atoms with Gasteiger partial charge in [0.1, 0.15) is 17.1 Å². The lowest BCUT2D eigenvalue weighted by molar-refractivity contribution is 0.0829. The van der Waals surface area contributed by atoms with Crippen molar-refractivity contribution in [2.45, 2.75) is 0 Å². The molecule has 2 heterocycles. The van der Waals surface area contributed by atoms with Gasteiger partial charge >= 0.3 is 0 Å². The fourth-order valence-corrected chi connectivity index (χ4v) is 1.57. The molecule has 0 unspecified atom stereocenters. The predicted octanol–water partition coefficient (Wildman–Crippen LogP) is 1.31. The van der Waals surface area contributed by atoms with E-state index in [4.69, 9.17) is 11.6 Å². The molecular weight excluding hydrogens is 216 g/mol. The van der Waals surface area contributed by atoms with Gasteiger partial charge in [-0.05, 0) is 0 Å². The minimum Gasteiger partial charge on any atom is -0.345 e. The molecule has 2 rings (SSSR count). The van der Waals surface area contributed by atoms with Gasteiger partial charge in [0.2, 0.25) is 0 Å². The lowest BCUT2D eigenvalue weighted by atomic mass is 10.2. The summed E-state index contributed by atoms with van der Waals surface area (Å²) in [5.41, 5.74) is 1.06. The topological polar surface area (TPSA) is 61.9 Å². The molecule has 0 saturated heterocycles. The second-order valence-electron chi connectivity index (χ2n) is 3.29. The van der Waals surface area contributed by atoms with Gasteiger partial charge in [0.15, 0.2) is 0 Å². The first-order valence-electron chi connectivity index (χ1n) is 4.30. The summed E-state index contributed by atoms with van der Waals surface area (Å²) in [6.45, 7) is 0. The van der Waals surface area contributed by atoms with Gasteiger partial charge in [-0.1, -0.05) is 11.6 Å². The molecule has 78 valence electrons. The molecule has 0 radical (unpaired) electrons. The molecule has 0 aliphatic rings. The Balaban J connectivity index is 2.67. The third kappa shape index (κ3) is 1.55. The van der Waals surface area contributed by atoms with E-state index in [1.54, 1.807) is 20.3 Å². The zero-order chi connectivity index (χ0) is 11.0. The summed E-state index contributed by atoms with van der Waals surface area (Å²) < 4.78 is 0. The second kappa shape index (κ2) is 3.51. The Hall–Kier alpha value is -1.62. The van der Waals surface area contributed by atoms with Crippen molar-refractivity contribution in [2.24, 2.45) is 0 Å². The van der Waals surface area contributed by atoms with Crippen LogP contribution < -0.4 is 0 Å². The van der Waals surface area contributed by atoms with Crippen molar-refractivity contribution in [2.75, 3.05) is 14.1 Å². The Morgan fingerprint density at radius 2 is 2.20 bits per heavy atom. The van der Waals surface area contributed by atoms with Crippen molar-refractivity contribution in [3.63, 3.8) is 0 Å². The van der Waals surface area contributed by atoms with Crippen LogP contribution in [0, 0.1) is 0 Å². The van der Waals surface area contributed by atoms with E-state index in [1.807, 2.05) is 0 Å². The van der Waals surface area contributed by atoms with Gasteiger partial charge in [-0.15, -0.1) is 0 Å². The number of hydrogen-bond donors (Lipinski definition) is 1. The molecule has 2 aromatic rings. The number of nitrogens with zero attached hydrogens (tertiary/aromatic N) is 3. The molecule has 0 spiro atoms. The number of aromatic amines is 1. The molecule has 0 aliphatic carbocycles. The number of fused-ring (bicyclic) bond motifs is 1. The van der Waals surface area contributed by atoms with Crippen LogP contribution in [0.15, 0.2) is 12.5 Å². The normalized spacial score (nSPS) is 10.6. The van der Waals surface area contributed by atoms with Gasteiger partial charge in [0.25, 0.3) is 5.91 Å². The summed E-state index contributed by atoms with van der Waals surface area (Å²) in [6.07, 6.45) is 2.94. The molecule has 0 aromatic carbocycles. The Bertz CT molecular complexity index is 520. The minimum atomic E-state index is -0.127. The van der Waals surface area contributed by atoms with Crippen LogP contribution in [-0.2, 0) is 0 Å². The lowest BCUT2D eigenvalue weighted by Crippen LogP contribution is -2.21. The van der Waals surface area contributed by atoms with E-state index in [0.29, 0.717) is 16.6 Å². The number of carbonyl (C=O) groups is 1. The average molecular weight is 225 g/mol. The minimum absolute atomic E-state index is 0.127. The highest BCUT2D eigenvalue weighted by Gasteiger charge is 2.16. The summed E-state index contributed by atoms with van der Waals surface area (Å²) in [5.74, 6) is -0.127. The number of H-pyrrole nitrogens is 1. The highest BCUT2D eigenvalue weighted by atomic mass is 35.5. The molecule has 5 nitrogen and oxygen atoms in total. The number of nitrogens with one attached hydrogen (secondary N) is 1. The molecule has 15 heavy (non-hydrogen) atoms. The molecule has 2 aromatic heterocycles. The van der Waals surface area contributed by atoms with Gasteiger partial charge < -0.3 is 9.88 Å². The molecule has 0 saturated carbocycles. The molecule has 0 atom stereocenters. The highest BCUT2D eigenvalue weighted by molar-refractivity contribution is 6.35. The van der Waals surface area contributed by atoms with Crippen LogP contribution in [0.5, 0.6) is 0 Å². The number of rotatable bonds is 1. The molecule has 0 bridgehead atoms. The van der Waals surface area contributed by atoms with E-state index in [-0.39, 0.29) is 11.1 Å². The van der Waals surface area contributed by atoms with Crippen molar-refractivity contribution in [3.05, 3.63) is 23.2 Å². The van der Waals surface area contributed by atoms with Gasteiger partial charge in [-0.3, -0.25) is 4.79 Å². The Kier molecular flexibility index (Phi) is 2.32. The van der Waals surface area contributed by atoms with Crippen molar-refractivity contribution in [1.29, 1.82) is 0 Å². The Morgan fingerprint density at radius 1 is 1.47 bits per heavy atom. The number of halogens is 1. The first-order chi connectivity index (χ1) is 7.11. The lowest BCUT2D eigenvalue weighted by Gasteiger charge is -2.08. The van der Waals surface area contributed by atoms with E-state index in [0.717, 1.165) is 0 Å². The average Bonchev–Trinajstić information content (AvgIpc) is 2.61. The molecular formula is C9H9ClN4O. The molecule has 0 aliphatic heterocycles. The molecule has 0 fully saturated rings. The van der Waals surface area contributed by atoms with Crippen LogP contribution in [0.4, 0.5) is 0 Å². The zero-order valence-electron chi connectivity index (χ0n) is 8.28. The molecule has 1 N–H and O–H groups in total. The van der Waals surface area contributed by atoms with Crippen LogP contribution in [0.25, 0.3) is 11.0 Å². The second-order valence-corrected chi connectivity index (χ2v) is 3.65. The zero-order valence-corrected chi connectivity index (χ0v) is 9.04. The van der Waals surface area contributed by atoms with Gasteiger partial charge in [0, 0.05) is 20.3 Å². The van der Waals surface area contributed by atoms with E-state index in [1.165, 1.54) is 11.2 Å². The number of carbonyl (C=O) groups excluding carboxylic acids is 1. The molecule has 6 heteroatoms. The van der Waals surface area contributed by atoms with E-state index in [9.17, 15) is 4.79 Å². The number of aromatic nitrogens is 3. The van der Waals surface area contributed by atoms with Crippen LogP contribution in [0.3, 0.4) is 0 Å². The van der Waals surface area contributed by atoms with Crippen LogP contribution in [0.1, 0.15) is 10.4 Å². The fourth-order valence-electron chi connectivity index (χ4n) is 1.33. The van der Waals surface area contributed by atoms with Crippen molar-refractivity contribution >= 4 is 28.5 Å². The first-order valence-corrected chi connectivity index (χ1v) is 4.68. The van der Waals surface area contributed by atoms with Crippen molar-refractivity contribution < 1.29 is 4.79 Å². The van der Waals surface area contributed by atoms with Gasteiger partial charge in [-0.2, -0.15) is 0 Å². The summed E-state index contributed by atoms with van der Waals surface area (Å²) >= 11 is 5.91. The largest absolute Gasteiger partial charge is 0.345 e. The maximum atomic E-state index is 11.8. The Morgan fingerprint density at radius 3 is 2.87 bits per heavy atom. The van der Waals surface area contributed by atoms with Crippen LogP contribution in [0.2, 0.25) is 5.15 Å². The molecule has 1 amide bonds. The first kappa shape index (κ1) is 9.92. The van der Waals surface area contributed by atoms with E-state index >= 15 is 0 Å². The van der Waals surface area contributed by atoms with E-state index < -0.39 is 0 Å². The number of amides is 1. The summed E-state index contributed by atoms with van der Waals surface area (Å²) in [4.78, 5) is 24.0. The van der Waals surface area contributed by atoms with Crippen LogP contribution in [-0.4, -0.2) is 39.9 Å². The maximum absolute atomic E-state index is 11.8. The SMILES string of the molecule is CN(C)C(=O)c1c[nH]c2ncnc(Cl)c12. The predicted molar refractivity (Wildman–Crippen MR) is 56.9 cm³/mol.